The molecular formula is C17H25BrO3. The largest absolute Gasteiger partial charge is 0.490 e. The van der Waals surface area contributed by atoms with E-state index in [1.165, 1.54) is 32.1 Å². The fourth-order valence-corrected chi connectivity index (χ4v) is 3.46. The van der Waals surface area contributed by atoms with E-state index in [4.69, 9.17) is 9.47 Å². The number of ether oxygens (including phenoxy) is 2. The van der Waals surface area contributed by atoms with Gasteiger partial charge in [0, 0.05) is 7.11 Å². The van der Waals surface area contributed by atoms with Crippen molar-refractivity contribution in [3.05, 3.63) is 28.2 Å². The quantitative estimate of drug-likeness (QED) is 0.732. The lowest BCUT2D eigenvalue weighted by molar-refractivity contribution is 0.131. The number of benzene rings is 1. The molecule has 1 aromatic rings. The molecule has 1 fully saturated rings. The van der Waals surface area contributed by atoms with Crippen LogP contribution in [0.1, 0.15) is 50.2 Å². The average Bonchev–Trinajstić information content (AvgIpc) is 2.50. The summed E-state index contributed by atoms with van der Waals surface area (Å²) in [6.45, 7) is 1.09. The molecule has 1 aromatic carbocycles. The number of hydrogen-bond acceptors (Lipinski definition) is 3. The van der Waals surface area contributed by atoms with Crippen LogP contribution in [-0.2, 0) is 4.74 Å². The standard InChI is InChI=1S/C17H25BrO3/c1-20-9-10-21-17-8-7-14(12-15(17)18)16(19)11-13-5-3-2-4-6-13/h7-8,12-13,16,19H,2-6,9-11H2,1H3. The molecule has 1 aliphatic rings. The molecule has 0 radical (unpaired) electrons. The van der Waals surface area contributed by atoms with E-state index in [2.05, 4.69) is 15.9 Å². The minimum absolute atomic E-state index is 0.377. The fraction of sp³-hybridized carbons (Fsp3) is 0.647. The van der Waals surface area contributed by atoms with Gasteiger partial charge in [0.25, 0.3) is 0 Å². The van der Waals surface area contributed by atoms with E-state index < -0.39 is 0 Å². The highest BCUT2D eigenvalue weighted by Gasteiger charge is 2.19. The molecule has 0 amide bonds. The van der Waals surface area contributed by atoms with Gasteiger partial charge in [0.1, 0.15) is 12.4 Å². The molecular weight excluding hydrogens is 332 g/mol. The first-order chi connectivity index (χ1) is 10.2. The summed E-state index contributed by atoms with van der Waals surface area (Å²) in [7, 11) is 1.66. The maximum atomic E-state index is 10.4. The number of aliphatic hydroxyl groups is 1. The first-order valence-electron chi connectivity index (χ1n) is 7.80. The third-order valence-corrected chi connectivity index (χ3v) is 4.79. The topological polar surface area (TPSA) is 38.7 Å². The summed E-state index contributed by atoms with van der Waals surface area (Å²) in [5.74, 6) is 1.46. The normalized spacial score (nSPS) is 17.7. The SMILES string of the molecule is COCCOc1ccc(C(O)CC2CCCCC2)cc1Br. The molecule has 4 heteroatoms. The zero-order valence-electron chi connectivity index (χ0n) is 12.7. The van der Waals surface area contributed by atoms with Gasteiger partial charge in [-0.2, -0.15) is 0 Å². The van der Waals surface area contributed by atoms with Gasteiger partial charge in [-0.25, -0.2) is 0 Å². The first kappa shape index (κ1) is 16.8. The van der Waals surface area contributed by atoms with Crippen LogP contribution in [0.25, 0.3) is 0 Å². The number of halogens is 1. The summed E-state index contributed by atoms with van der Waals surface area (Å²) in [5.41, 5.74) is 0.964. The minimum Gasteiger partial charge on any atom is -0.490 e. The number of methoxy groups -OCH3 is 1. The van der Waals surface area contributed by atoms with Gasteiger partial charge in [0.05, 0.1) is 17.2 Å². The molecule has 0 spiro atoms. The Balaban J connectivity index is 1.91. The van der Waals surface area contributed by atoms with E-state index in [1.807, 2.05) is 18.2 Å². The molecule has 1 atom stereocenters. The Hall–Kier alpha value is -0.580. The van der Waals surface area contributed by atoms with Crippen LogP contribution in [0.15, 0.2) is 22.7 Å². The molecule has 0 heterocycles. The van der Waals surface area contributed by atoms with Gasteiger partial charge in [-0.15, -0.1) is 0 Å². The van der Waals surface area contributed by atoms with Gasteiger partial charge in [-0.3, -0.25) is 0 Å². The monoisotopic (exact) mass is 356 g/mol. The first-order valence-corrected chi connectivity index (χ1v) is 8.59. The lowest BCUT2D eigenvalue weighted by atomic mass is 9.84. The van der Waals surface area contributed by atoms with Crippen molar-refractivity contribution in [1.82, 2.24) is 0 Å². The molecule has 2 rings (SSSR count). The van der Waals surface area contributed by atoms with Gasteiger partial charge < -0.3 is 14.6 Å². The van der Waals surface area contributed by atoms with Crippen molar-refractivity contribution in [1.29, 1.82) is 0 Å². The highest BCUT2D eigenvalue weighted by Crippen LogP contribution is 2.34. The Kier molecular flexibility index (Phi) is 7.00. The molecule has 0 aromatic heterocycles. The predicted octanol–water partition coefficient (Wildman–Crippen LogP) is 4.48. The molecule has 0 bridgehead atoms. The molecule has 0 saturated heterocycles. The zero-order chi connectivity index (χ0) is 15.1. The lowest BCUT2D eigenvalue weighted by Gasteiger charge is -2.24. The van der Waals surface area contributed by atoms with Crippen LogP contribution in [-0.4, -0.2) is 25.4 Å². The van der Waals surface area contributed by atoms with E-state index in [1.54, 1.807) is 7.11 Å². The Morgan fingerprint density at radius 1 is 1.24 bits per heavy atom. The Morgan fingerprint density at radius 3 is 2.67 bits per heavy atom. The number of aliphatic hydroxyl groups excluding tert-OH is 1. The molecule has 1 saturated carbocycles. The highest BCUT2D eigenvalue weighted by atomic mass is 79.9. The third kappa shape index (κ3) is 5.28. The molecule has 3 nitrogen and oxygen atoms in total. The van der Waals surface area contributed by atoms with Gasteiger partial charge >= 0.3 is 0 Å². The second-order valence-electron chi connectivity index (χ2n) is 5.79. The van der Waals surface area contributed by atoms with Crippen molar-refractivity contribution in [3.63, 3.8) is 0 Å². The van der Waals surface area contributed by atoms with Crippen molar-refractivity contribution < 1.29 is 14.6 Å². The third-order valence-electron chi connectivity index (χ3n) is 4.17. The molecule has 21 heavy (non-hydrogen) atoms. The van der Waals surface area contributed by atoms with Crippen molar-refractivity contribution in [2.45, 2.75) is 44.6 Å². The highest BCUT2D eigenvalue weighted by molar-refractivity contribution is 9.10. The summed E-state index contributed by atoms with van der Waals surface area (Å²) in [4.78, 5) is 0. The van der Waals surface area contributed by atoms with Crippen LogP contribution in [0.4, 0.5) is 0 Å². The smallest absolute Gasteiger partial charge is 0.133 e. The molecule has 1 unspecified atom stereocenters. The Bertz CT molecular complexity index is 430. The Morgan fingerprint density at radius 2 is 2.00 bits per heavy atom. The van der Waals surface area contributed by atoms with E-state index in [-0.39, 0.29) is 6.10 Å². The van der Waals surface area contributed by atoms with Gasteiger partial charge in [-0.05, 0) is 46.0 Å². The van der Waals surface area contributed by atoms with Crippen LogP contribution < -0.4 is 4.74 Å². The van der Waals surface area contributed by atoms with E-state index in [0.29, 0.717) is 19.1 Å². The van der Waals surface area contributed by atoms with Gasteiger partial charge in [0.2, 0.25) is 0 Å². The summed E-state index contributed by atoms with van der Waals surface area (Å²) < 4.78 is 11.5. The molecule has 1 aliphatic carbocycles. The van der Waals surface area contributed by atoms with Crippen LogP contribution in [0.5, 0.6) is 5.75 Å². The number of hydrogen-bond donors (Lipinski definition) is 1. The molecule has 0 aliphatic heterocycles. The summed E-state index contributed by atoms with van der Waals surface area (Å²) in [6, 6.07) is 5.84. The Labute approximate surface area is 135 Å². The predicted molar refractivity (Wildman–Crippen MR) is 87.7 cm³/mol. The average molecular weight is 357 g/mol. The van der Waals surface area contributed by atoms with E-state index in [9.17, 15) is 5.11 Å². The lowest BCUT2D eigenvalue weighted by Crippen LogP contribution is -2.11. The van der Waals surface area contributed by atoms with Gasteiger partial charge in [0.15, 0.2) is 0 Å². The maximum absolute atomic E-state index is 10.4. The van der Waals surface area contributed by atoms with Crippen molar-refractivity contribution in [2.75, 3.05) is 20.3 Å². The van der Waals surface area contributed by atoms with Crippen molar-refractivity contribution in [2.24, 2.45) is 5.92 Å². The molecule has 1 N–H and O–H groups in total. The fourth-order valence-electron chi connectivity index (χ4n) is 2.95. The minimum atomic E-state index is -0.377. The van der Waals surface area contributed by atoms with Crippen LogP contribution in [0.2, 0.25) is 0 Å². The second-order valence-corrected chi connectivity index (χ2v) is 6.64. The van der Waals surface area contributed by atoms with E-state index >= 15 is 0 Å². The van der Waals surface area contributed by atoms with Gasteiger partial charge in [-0.1, -0.05) is 38.2 Å². The second kappa shape index (κ2) is 8.76. The van der Waals surface area contributed by atoms with Crippen LogP contribution >= 0.6 is 15.9 Å². The van der Waals surface area contributed by atoms with Crippen molar-refractivity contribution in [3.8, 4) is 5.75 Å². The van der Waals surface area contributed by atoms with Crippen LogP contribution in [0.3, 0.4) is 0 Å². The summed E-state index contributed by atoms with van der Waals surface area (Å²) in [6.07, 6.45) is 6.99. The summed E-state index contributed by atoms with van der Waals surface area (Å²) >= 11 is 3.52. The zero-order valence-corrected chi connectivity index (χ0v) is 14.3. The van der Waals surface area contributed by atoms with Crippen molar-refractivity contribution >= 4 is 15.9 Å². The molecule has 118 valence electrons. The number of rotatable bonds is 7. The van der Waals surface area contributed by atoms with E-state index in [0.717, 1.165) is 22.2 Å². The summed E-state index contributed by atoms with van der Waals surface area (Å²) in [5, 5.41) is 10.4. The maximum Gasteiger partial charge on any atom is 0.133 e. The van der Waals surface area contributed by atoms with Crippen LogP contribution in [0, 0.1) is 5.92 Å².